The lowest BCUT2D eigenvalue weighted by molar-refractivity contribution is -0.141. The highest BCUT2D eigenvalue weighted by Gasteiger charge is 2.06. The Kier molecular flexibility index (Phi) is 7.33. The van der Waals surface area contributed by atoms with Crippen molar-refractivity contribution in [3.8, 4) is 0 Å². The van der Waals surface area contributed by atoms with Gasteiger partial charge in [-0.25, -0.2) is 8.42 Å². The van der Waals surface area contributed by atoms with Gasteiger partial charge in [-0.15, -0.1) is 0 Å². The number of carbonyl (C=O) groups excluding carboxylic acids is 1. The van der Waals surface area contributed by atoms with Gasteiger partial charge >= 0.3 is 5.97 Å². The molecular formula is C9H19NO4S. The van der Waals surface area contributed by atoms with Crippen LogP contribution in [0.15, 0.2) is 0 Å². The van der Waals surface area contributed by atoms with E-state index in [1.54, 1.807) is 13.8 Å². The fraction of sp³-hybridized carbons (Fsp3) is 0.889. The molecule has 0 aliphatic rings. The number of rotatable bonds is 8. The van der Waals surface area contributed by atoms with Gasteiger partial charge in [-0.3, -0.25) is 4.79 Å². The number of hydrogen-bond acceptors (Lipinski definition) is 5. The molecule has 0 heterocycles. The second-order valence-corrected chi connectivity index (χ2v) is 5.54. The van der Waals surface area contributed by atoms with E-state index in [9.17, 15) is 13.2 Å². The highest BCUT2D eigenvalue weighted by atomic mass is 32.2. The summed E-state index contributed by atoms with van der Waals surface area (Å²) >= 11 is 0. The molecule has 0 atom stereocenters. The Morgan fingerprint density at radius 1 is 1.33 bits per heavy atom. The average Bonchev–Trinajstić information content (AvgIpc) is 2.17. The van der Waals surface area contributed by atoms with Crippen molar-refractivity contribution in [3.05, 3.63) is 0 Å². The summed E-state index contributed by atoms with van der Waals surface area (Å²) in [5.74, 6) is 0.0281. The van der Waals surface area contributed by atoms with Crippen LogP contribution in [0, 0.1) is 0 Å². The second-order valence-electron chi connectivity index (χ2n) is 3.07. The van der Waals surface area contributed by atoms with E-state index in [0.29, 0.717) is 19.6 Å². The average molecular weight is 237 g/mol. The van der Waals surface area contributed by atoms with Crippen LogP contribution in [-0.2, 0) is 19.4 Å². The summed E-state index contributed by atoms with van der Waals surface area (Å²) in [7, 11) is -2.89. The number of ether oxygens (including phenoxy) is 1. The Hall–Kier alpha value is -0.620. The highest BCUT2D eigenvalue weighted by molar-refractivity contribution is 7.91. The summed E-state index contributed by atoms with van der Waals surface area (Å²) in [5, 5.41) is 2.83. The lowest BCUT2D eigenvalue weighted by Crippen LogP contribution is -2.26. The van der Waals surface area contributed by atoms with Crippen LogP contribution >= 0.6 is 0 Å². The third kappa shape index (κ3) is 8.38. The Morgan fingerprint density at radius 3 is 2.53 bits per heavy atom. The molecular weight excluding hydrogens is 218 g/mol. The van der Waals surface area contributed by atoms with Gasteiger partial charge in [-0.05, 0) is 19.9 Å². The third-order valence-corrected chi connectivity index (χ3v) is 3.61. The van der Waals surface area contributed by atoms with E-state index >= 15 is 0 Å². The van der Waals surface area contributed by atoms with Crippen molar-refractivity contribution in [1.82, 2.24) is 5.32 Å². The maximum Gasteiger partial charge on any atom is 0.319 e. The van der Waals surface area contributed by atoms with E-state index < -0.39 is 9.84 Å². The highest BCUT2D eigenvalue weighted by Crippen LogP contribution is 1.91. The van der Waals surface area contributed by atoms with Crippen LogP contribution in [0.2, 0.25) is 0 Å². The van der Waals surface area contributed by atoms with Gasteiger partial charge in [0, 0.05) is 5.75 Å². The van der Waals surface area contributed by atoms with Gasteiger partial charge in [0.15, 0.2) is 0 Å². The number of carbonyl (C=O) groups is 1. The fourth-order valence-corrected chi connectivity index (χ4v) is 1.84. The Morgan fingerprint density at radius 2 is 2.00 bits per heavy atom. The molecule has 0 unspecified atom stereocenters. The van der Waals surface area contributed by atoms with Crippen LogP contribution in [-0.4, -0.2) is 45.6 Å². The number of nitrogens with one attached hydrogen (secondary N) is 1. The maximum atomic E-state index is 11.1. The molecule has 0 rings (SSSR count). The smallest absolute Gasteiger partial charge is 0.319 e. The van der Waals surface area contributed by atoms with Crippen LogP contribution in [0.1, 0.15) is 20.3 Å². The summed E-state index contributed by atoms with van der Waals surface area (Å²) in [6, 6.07) is 0. The van der Waals surface area contributed by atoms with Gasteiger partial charge in [-0.1, -0.05) is 6.92 Å². The molecule has 0 saturated heterocycles. The van der Waals surface area contributed by atoms with Crippen molar-refractivity contribution in [2.75, 3.05) is 31.2 Å². The molecule has 0 aromatic carbocycles. The van der Waals surface area contributed by atoms with Crippen molar-refractivity contribution >= 4 is 15.8 Å². The molecule has 0 aliphatic carbocycles. The standard InChI is InChI=1S/C9H19NO4S/c1-3-14-9(11)8-10-6-5-7-15(12,13)4-2/h10H,3-8H2,1-2H3. The molecule has 0 bridgehead atoms. The molecule has 0 aromatic heterocycles. The lowest BCUT2D eigenvalue weighted by atomic mass is 10.5. The zero-order valence-electron chi connectivity index (χ0n) is 9.28. The predicted octanol–water partition coefficient (Wildman–Crippen LogP) is -0.0361. The first-order chi connectivity index (χ1) is 7.02. The molecule has 0 saturated carbocycles. The summed E-state index contributed by atoms with van der Waals surface area (Å²) in [6.45, 7) is 4.38. The van der Waals surface area contributed by atoms with E-state index in [4.69, 9.17) is 4.74 Å². The Bertz CT molecular complexity index is 274. The zero-order chi connectivity index (χ0) is 11.7. The van der Waals surface area contributed by atoms with E-state index in [2.05, 4.69) is 5.32 Å². The summed E-state index contributed by atoms with van der Waals surface area (Å²) in [4.78, 5) is 10.9. The molecule has 90 valence electrons. The minimum absolute atomic E-state index is 0.139. The molecule has 0 amide bonds. The van der Waals surface area contributed by atoms with Crippen LogP contribution in [0.25, 0.3) is 0 Å². The van der Waals surface area contributed by atoms with E-state index in [-0.39, 0.29) is 24.0 Å². The predicted molar refractivity (Wildman–Crippen MR) is 58.4 cm³/mol. The first kappa shape index (κ1) is 14.4. The molecule has 0 fully saturated rings. The first-order valence-electron chi connectivity index (χ1n) is 5.08. The van der Waals surface area contributed by atoms with Gasteiger partial charge in [0.2, 0.25) is 0 Å². The molecule has 1 N–H and O–H groups in total. The lowest BCUT2D eigenvalue weighted by Gasteiger charge is -2.04. The van der Waals surface area contributed by atoms with E-state index in [1.807, 2.05) is 0 Å². The van der Waals surface area contributed by atoms with E-state index in [0.717, 1.165) is 0 Å². The van der Waals surface area contributed by atoms with Crippen molar-refractivity contribution in [2.45, 2.75) is 20.3 Å². The molecule has 5 nitrogen and oxygen atoms in total. The van der Waals surface area contributed by atoms with Crippen LogP contribution in [0.4, 0.5) is 0 Å². The van der Waals surface area contributed by atoms with Crippen molar-refractivity contribution in [3.63, 3.8) is 0 Å². The SMILES string of the molecule is CCOC(=O)CNCCCS(=O)(=O)CC. The third-order valence-electron chi connectivity index (χ3n) is 1.82. The van der Waals surface area contributed by atoms with Gasteiger partial charge in [-0.2, -0.15) is 0 Å². The van der Waals surface area contributed by atoms with Gasteiger partial charge < -0.3 is 10.1 Å². The maximum absolute atomic E-state index is 11.1. The Labute approximate surface area is 91.1 Å². The molecule has 0 radical (unpaired) electrons. The summed E-state index contributed by atoms with van der Waals surface area (Å²) < 4.78 is 26.8. The number of sulfone groups is 1. The van der Waals surface area contributed by atoms with Crippen LogP contribution in [0.5, 0.6) is 0 Å². The van der Waals surface area contributed by atoms with Crippen LogP contribution < -0.4 is 5.32 Å². The molecule has 6 heteroatoms. The quantitative estimate of drug-likeness (QED) is 0.474. The number of hydrogen-bond donors (Lipinski definition) is 1. The molecule has 15 heavy (non-hydrogen) atoms. The van der Waals surface area contributed by atoms with Crippen molar-refractivity contribution in [1.29, 1.82) is 0 Å². The minimum atomic E-state index is -2.89. The second kappa shape index (κ2) is 7.64. The minimum Gasteiger partial charge on any atom is -0.465 e. The van der Waals surface area contributed by atoms with Crippen LogP contribution in [0.3, 0.4) is 0 Å². The van der Waals surface area contributed by atoms with E-state index in [1.165, 1.54) is 0 Å². The van der Waals surface area contributed by atoms with Crippen molar-refractivity contribution in [2.24, 2.45) is 0 Å². The largest absolute Gasteiger partial charge is 0.465 e. The summed E-state index contributed by atoms with van der Waals surface area (Å²) in [5.41, 5.74) is 0. The molecule has 0 aromatic rings. The number of esters is 1. The fourth-order valence-electron chi connectivity index (χ4n) is 0.964. The Balaban J connectivity index is 3.44. The normalized spacial score (nSPS) is 11.3. The van der Waals surface area contributed by atoms with Crippen molar-refractivity contribution < 1.29 is 17.9 Å². The zero-order valence-corrected chi connectivity index (χ0v) is 10.1. The monoisotopic (exact) mass is 237 g/mol. The summed E-state index contributed by atoms with van der Waals surface area (Å²) in [6.07, 6.45) is 0.523. The topological polar surface area (TPSA) is 72.5 Å². The first-order valence-corrected chi connectivity index (χ1v) is 6.90. The van der Waals surface area contributed by atoms with Gasteiger partial charge in [0.1, 0.15) is 9.84 Å². The van der Waals surface area contributed by atoms with Gasteiger partial charge in [0.05, 0.1) is 18.9 Å². The molecule has 0 aliphatic heterocycles. The van der Waals surface area contributed by atoms with Gasteiger partial charge in [0.25, 0.3) is 0 Å². The molecule has 0 spiro atoms.